The molecule has 3 unspecified atom stereocenters. The van der Waals surface area contributed by atoms with E-state index in [1.807, 2.05) is 48.6 Å². The van der Waals surface area contributed by atoms with Crippen molar-refractivity contribution in [2.45, 2.75) is 232 Å². The second-order valence-corrected chi connectivity index (χ2v) is 16.6. The van der Waals surface area contributed by atoms with Crippen LogP contribution in [-0.2, 0) is 14.3 Å². The second-order valence-electron chi connectivity index (χ2n) is 16.6. The summed E-state index contributed by atoms with van der Waals surface area (Å²) in [6.45, 7) is 6.19. The summed E-state index contributed by atoms with van der Waals surface area (Å²) in [5, 5.41) is 23.7. The second kappa shape index (κ2) is 47.8. The molecule has 0 saturated carbocycles. The first kappa shape index (κ1) is 57.8. The van der Waals surface area contributed by atoms with E-state index in [1.54, 1.807) is 0 Å². The maximum absolute atomic E-state index is 13.2. The van der Waals surface area contributed by atoms with Gasteiger partial charge in [-0.15, -0.1) is 0 Å². The first-order valence-corrected chi connectivity index (χ1v) is 25.0. The molecule has 3 atom stereocenters. The molecule has 0 spiro atoms. The number of hydrogen-bond acceptors (Lipinski definition) is 5. The highest BCUT2D eigenvalue weighted by molar-refractivity contribution is 5.77. The van der Waals surface area contributed by atoms with Gasteiger partial charge in [0.05, 0.1) is 25.2 Å². The monoisotopic (exact) mass is 848 g/mol. The van der Waals surface area contributed by atoms with E-state index in [4.69, 9.17) is 4.74 Å². The number of carbonyl (C=O) groups excluding carboxylic acids is 2. The first-order chi connectivity index (χ1) is 30.0. The standard InChI is InChI=1S/C55H93NO5/c1-4-7-10-13-16-19-22-25-27-29-32-35-38-41-44-47-53(58)52(50-57)56-54(59)49-51(46-43-40-37-34-31-28-24-21-18-15-12-9-6-3)61-55(60)48-45-42-39-36-33-30-26-23-20-17-14-11-8-5-2/h8-9,11-12,15,17-18,20-21,24,26,28,30-31,34,37,51-53,57-58H,4-7,10,13-14,16,19,22-23,25,27,29,32-33,35-36,38-50H2,1-3H3,(H,56,59)/b11-8+,12-9+,18-15+,20-17+,24-21-,30-26+,31-28-,37-34+. The summed E-state index contributed by atoms with van der Waals surface area (Å²) in [6, 6.07) is -0.734. The first-order valence-electron chi connectivity index (χ1n) is 25.0. The Balaban J connectivity index is 4.71. The van der Waals surface area contributed by atoms with Crippen LogP contribution in [0, 0.1) is 0 Å². The smallest absolute Gasteiger partial charge is 0.306 e. The summed E-state index contributed by atoms with van der Waals surface area (Å²) in [5.74, 6) is -0.580. The fourth-order valence-corrected chi connectivity index (χ4v) is 7.06. The minimum absolute atomic E-state index is 0.0141. The summed E-state index contributed by atoms with van der Waals surface area (Å²) >= 11 is 0. The molecule has 0 aliphatic rings. The van der Waals surface area contributed by atoms with Crippen LogP contribution in [0.3, 0.4) is 0 Å². The normalized spacial score (nSPS) is 14.1. The van der Waals surface area contributed by atoms with E-state index in [0.29, 0.717) is 19.3 Å². The average Bonchev–Trinajstić information content (AvgIpc) is 3.25. The lowest BCUT2D eigenvalue weighted by Gasteiger charge is -2.24. The number of esters is 1. The van der Waals surface area contributed by atoms with Crippen molar-refractivity contribution >= 4 is 11.9 Å². The van der Waals surface area contributed by atoms with Crippen LogP contribution in [0.1, 0.15) is 213 Å². The Morgan fingerprint density at radius 1 is 0.508 bits per heavy atom. The molecule has 0 rings (SSSR count). The molecule has 0 aromatic heterocycles. The molecule has 6 heteroatoms. The minimum atomic E-state index is -0.816. The van der Waals surface area contributed by atoms with Crippen molar-refractivity contribution in [2.24, 2.45) is 0 Å². The molecule has 6 nitrogen and oxygen atoms in total. The molecule has 0 aromatic rings. The number of amides is 1. The number of allylic oxidation sites excluding steroid dienone is 16. The highest BCUT2D eigenvalue weighted by atomic mass is 16.5. The largest absolute Gasteiger partial charge is 0.462 e. The molecule has 0 fully saturated rings. The number of nitrogens with one attached hydrogen (secondary N) is 1. The maximum Gasteiger partial charge on any atom is 0.306 e. The molecule has 0 aliphatic heterocycles. The van der Waals surface area contributed by atoms with Crippen LogP contribution in [0.2, 0.25) is 0 Å². The topological polar surface area (TPSA) is 95.9 Å². The predicted molar refractivity (Wildman–Crippen MR) is 264 cm³/mol. The summed E-state index contributed by atoms with van der Waals surface area (Å²) in [6.07, 6.45) is 63.3. The Labute approximate surface area is 376 Å². The number of carbonyl (C=O) groups is 2. The molecule has 0 radical (unpaired) electrons. The van der Waals surface area contributed by atoms with Gasteiger partial charge in [0.2, 0.25) is 5.91 Å². The SMILES string of the molecule is CC/C=C/C=C/C=C\C=C/C=C/CCCC(CC(=O)NC(CO)C(O)CCCCCCCCCCCCCCCCC)OC(=O)CCCCCC/C=C/C/C=C/C/C=C/CC. The van der Waals surface area contributed by atoms with E-state index in [2.05, 4.69) is 74.7 Å². The van der Waals surface area contributed by atoms with Crippen molar-refractivity contribution in [1.29, 1.82) is 0 Å². The van der Waals surface area contributed by atoms with Crippen molar-refractivity contribution in [3.05, 3.63) is 97.2 Å². The number of ether oxygens (including phenoxy) is 1. The van der Waals surface area contributed by atoms with E-state index < -0.39 is 18.2 Å². The van der Waals surface area contributed by atoms with E-state index in [1.165, 1.54) is 77.0 Å². The Kier molecular flexibility index (Phi) is 45.3. The average molecular weight is 848 g/mol. The molecule has 0 aliphatic carbocycles. The van der Waals surface area contributed by atoms with E-state index in [9.17, 15) is 19.8 Å². The number of rotatable bonds is 43. The Morgan fingerprint density at radius 2 is 0.984 bits per heavy atom. The summed E-state index contributed by atoms with van der Waals surface area (Å²) in [4.78, 5) is 26.1. The van der Waals surface area contributed by atoms with Gasteiger partial charge in [0.1, 0.15) is 6.10 Å². The van der Waals surface area contributed by atoms with Gasteiger partial charge in [-0.05, 0) is 70.6 Å². The van der Waals surface area contributed by atoms with E-state index in [0.717, 1.165) is 89.9 Å². The third-order valence-corrected chi connectivity index (χ3v) is 10.8. The molecule has 348 valence electrons. The Bertz CT molecular complexity index is 1220. The zero-order valence-corrected chi connectivity index (χ0v) is 39.5. The third kappa shape index (κ3) is 43.2. The van der Waals surface area contributed by atoms with Crippen LogP contribution in [0.25, 0.3) is 0 Å². The summed E-state index contributed by atoms with van der Waals surface area (Å²) in [5.41, 5.74) is 0. The quantitative estimate of drug-likeness (QED) is 0.0246. The highest BCUT2D eigenvalue weighted by Gasteiger charge is 2.24. The third-order valence-electron chi connectivity index (χ3n) is 10.8. The number of aliphatic hydroxyl groups excluding tert-OH is 2. The lowest BCUT2D eigenvalue weighted by Crippen LogP contribution is -2.46. The van der Waals surface area contributed by atoms with Crippen molar-refractivity contribution in [1.82, 2.24) is 5.32 Å². The molecule has 0 heterocycles. The van der Waals surface area contributed by atoms with Gasteiger partial charge in [-0.1, -0.05) is 227 Å². The van der Waals surface area contributed by atoms with Gasteiger partial charge in [-0.2, -0.15) is 0 Å². The van der Waals surface area contributed by atoms with Crippen molar-refractivity contribution in [2.75, 3.05) is 6.61 Å². The predicted octanol–water partition coefficient (Wildman–Crippen LogP) is 14.9. The number of unbranched alkanes of at least 4 members (excludes halogenated alkanes) is 19. The molecule has 3 N–H and O–H groups in total. The molecular formula is C55H93NO5. The molecule has 0 saturated heterocycles. The zero-order chi connectivity index (χ0) is 44.5. The Morgan fingerprint density at radius 3 is 1.56 bits per heavy atom. The molecule has 0 aromatic carbocycles. The van der Waals surface area contributed by atoms with Crippen LogP contribution in [-0.4, -0.2) is 46.9 Å². The van der Waals surface area contributed by atoms with Gasteiger partial charge in [-0.25, -0.2) is 0 Å². The fourth-order valence-electron chi connectivity index (χ4n) is 7.06. The maximum atomic E-state index is 13.2. The molecule has 1 amide bonds. The lowest BCUT2D eigenvalue weighted by molar-refractivity contribution is -0.151. The molecule has 0 bridgehead atoms. The van der Waals surface area contributed by atoms with Gasteiger partial charge in [0.15, 0.2) is 0 Å². The zero-order valence-electron chi connectivity index (χ0n) is 39.5. The van der Waals surface area contributed by atoms with E-state index >= 15 is 0 Å². The minimum Gasteiger partial charge on any atom is -0.462 e. The molecular weight excluding hydrogens is 755 g/mol. The van der Waals surface area contributed by atoms with Crippen LogP contribution in [0.15, 0.2) is 97.2 Å². The van der Waals surface area contributed by atoms with Crippen LogP contribution >= 0.6 is 0 Å². The van der Waals surface area contributed by atoms with Gasteiger partial charge < -0.3 is 20.3 Å². The van der Waals surface area contributed by atoms with Gasteiger partial charge >= 0.3 is 5.97 Å². The summed E-state index contributed by atoms with van der Waals surface area (Å²) in [7, 11) is 0. The van der Waals surface area contributed by atoms with Crippen LogP contribution in [0.5, 0.6) is 0 Å². The highest BCUT2D eigenvalue weighted by Crippen LogP contribution is 2.17. The number of hydrogen-bond donors (Lipinski definition) is 3. The van der Waals surface area contributed by atoms with Gasteiger partial charge in [-0.3, -0.25) is 9.59 Å². The summed E-state index contributed by atoms with van der Waals surface area (Å²) < 4.78 is 5.87. The fraction of sp³-hybridized carbons (Fsp3) is 0.673. The lowest BCUT2D eigenvalue weighted by atomic mass is 10.0. The van der Waals surface area contributed by atoms with Crippen molar-refractivity contribution in [3.63, 3.8) is 0 Å². The van der Waals surface area contributed by atoms with Gasteiger partial charge in [0.25, 0.3) is 0 Å². The Hall–Kier alpha value is -3.22. The van der Waals surface area contributed by atoms with Crippen LogP contribution in [0.4, 0.5) is 0 Å². The van der Waals surface area contributed by atoms with Crippen molar-refractivity contribution < 1.29 is 24.5 Å². The van der Waals surface area contributed by atoms with Crippen LogP contribution < -0.4 is 5.32 Å². The van der Waals surface area contributed by atoms with Gasteiger partial charge in [0, 0.05) is 6.42 Å². The van der Waals surface area contributed by atoms with Crippen molar-refractivity contribution in [3.8, 4) is 0 Å². The van der Waals surface area contributed by atoms with E-state index in [-0.39, 0.29) is 24.9 Å². The molecule has 61 heavy (non-hydrogen) atoms. The number of aliphatic hydroxyl groups is 2.